The van der Waals surface area contributed by atoms with Crippen molar-refractivity contribution in [3.63, 3.8) is 0 Å². The van der Waals surface area contributed by atoms with Gasteiger partial charge in [-0.15, -0.1) is 0 Å². The Morgan fingerprint density at radius 1 is 1.24 bits per heavy atom. The summed E-state index contributed by atoms with van der Waals surface area (Å²) >= 11 is 0. The van der Waals surface area contributed by atoms with Gasteiger partial charge in [0.25, 0.3) is 0 Å². The number of aromatic nitrogens is 2. The maximum atomic E-state index is 13.4. The van der Waals surface area contributed by atoms with Gasteiger partial charge in [-0.25, -0.2) is 0 Å². The first-order chi connectivity index (χ1) is 11.8. The van der Waals surface area contributed by atoms with Crippen molar-refractivity contribution >= 4 is 0 Å². The number of aliphatic hydroxyl groups excluding tert-OH is 1. The Kier molecular flexibility index (Phi) is 4.88. The normalized spacial score (nSPS) is 22.0. The van der Waals surface area contributed by atoms with Crippen molar-refractivity contribution in [1.29, 1.82) is 0 Å². The lowest BCUT2D eigenvalue weighted by Gasteiger charge is -2.27. The predicted molar refractivity (Wildman–Crippen MR) is 87.8 cm³/mol. The second kappa shape index (κ2) is 6.80. The maximum absolute atomic E-state index is 13.4. The summed E-state index contributed by atoms with van der Waals surface area (Å²) in [6, 6.07) is 7.20. The second-order valence-corrected chi connectivity index (χ2v) is 6.78. The fraction of sp³-hybridized carbons (Fsp3) is 0.500. The van der Waals surface area contributed by atoms with Crippen molar-refractivity contribution in [2.75, 3.05) is 6.54 Å². The molecule has 2 heterocycles. The number of nitrogens with zero attached hydrogens (tertiary/aromatic N) is 3. The summed E-state index contributed by atoms with van der Waals surface area (Å²) in [4.78, 5) is 1.91. The quantitative estimate of drug-likeness (QED) is 0.909. The Morgan fingerprint density at radius 2 is 1.96 bits per heavy atom. The van der Waals surface area contributed by atoms with Gasteiger partial charge in [0.2, 0.25) is 0 Å². The number of likely N-dealkylation sites (tertiary alicyclic amines) is 1. The van der Waals surface area contributed by atoms with Gasteiger partial charge in [0.15, 0.2) is 0 Å². The van der Waals surface area contributed by atoms with Crippen LogP contribution >= 0.6 is 0 Å². The number of aliphatic hydroxyl groups is 1. The van der Waals surface area contributed by atoms with Gasteiger partial charge in [-0.3, -0.25) is 9.58 Å². The molecule has 1 N–H and O–H groups in total. The Labute approximate surface area is 144 Å². The van der Waals surface area contributed by atoms with Crippen molar-refractivity contribution in [2.45, 2.75) is 51.2 Å². The second-order valence-electron chi connectivity index (χ2n) is 6.78. The van der Waals surface area contributed by atoms with E-state index < -0.39 is 23.9 Å². The summed E-state index contributed by atoms with van der Waals surface area (Å²) < 4.78 is 42.0. The molecule has 0 aliphatic carbocycles. The summed E-state index contributed by atoms with van der Waals surface area (Å²) in [6.45, 7) is 4.81. The molecule has 0 radical (unpaired) electrons. The average molecular weight is 353 g/mol. The molecule has 1 saturated heterocycles. The molecule has 136 valence electrons. The first-order valence-corrected chi connectivity index (χ1v) is 8.38. The minimum Gasteiger partial charge on any atom is -0.392 e. The summed E-state index contributed by atoms with van der Waals surface area (Å²) in [5.41, 5.74) is 0.525. The molecular weight excluding hydrogens is 331 g/mol. The highest BCUT2D eigenvalue weighted by Gasteiger charge is 2.39. The molecule has 25 heavy (non-hydrogen) atoms. The van der Waals surface area contributed by atoms with Gasteiger partial charge in [-0.2, -0.15) is 18.3 Å². The van der Waals surface area contributed by atoms with Gasteiger partial charge < -0.3 is 5.11 Å². The number of halogens is 3. The Balaban J connectivity index is 1.92. The average Bonchev–Trinajstić information content (AvgIpc) is 3.13. The monoisotopic (exact) mass is 353 g/mol. The number of hydrogen-bond donors (Lipinski definition) is 1. The minimum atomic E-state index is -4.41. The third-order valence-corrected chi connectivity index (χ3v) is 4.61. The smallest absolute Gasteiger partial charge is 0.392 e. The number of rotatable bonds is 4. The molecule has 0 amide bonds. The largest absolute Gasteiger partial charge is 0.416 e. The van der Waals surface area contributed by atoms with E-state index in [-0.39, 0.29) is 11.6 Å². The van der Waals surface area contributed by atoms with Gasteiger partial charge >= 0.3 is 6.18 Å². The van der Waals surface area contributed by atoms with E-state index in [1.165, 1.54) is 12.1 Å². The van der Waals surface area contributed by atoms with E-state index in [0.29, 0.717) is 19.5 Å². The van der Waals surface area contributed by atoms with Crippen molar-refractivity contribution in [3.8, 4) is 0 Å². The van der Waals surface area contributed by atoms with Gasteiger partial charge in [0.05, 0.1) is 17.4 Å². The van der Waals surface area contributed by atoms with E-state index in [9.17, 15) is 18.3 Å². The van der Waals surface area contributed by atoms with E-state index in [1.54, 1.807) is 12.3 Å². The zero-order chi connectivity index (χ0) is 18.2. The number of alkyl halides is 3. The highest BCUT2D eigenvalue weighted by atomic mass is 19.4. The molecule has 3 rings (SSSR count). The molecule has 0 unspecified atom stereocenters. The fourth-order valence-corrected chi connectivity index (χ4v) is 3.56. The van der Waals surface area contributed by atoms with Crippen molar-refractivity contribution in [3.05, 3.63) is 53.3 Å². The van der Waals surface area contributed by atoms with Crippen LogP contribution in [0.1, 0.15) is 49.2 Å². The topological polar surface area (TPSA) is 41.3 Å². The van der Waals surface area contributed by atoms with Crippen LogP contribution in [0.5, 0.6) is 0 Å². The summed E-state index contributed by atoms with van der Waals surface area (Å²) in [5, 5.41) is 14.4. The molecule has 2 atom stereocenters. The molecule has 1 fully saturated rings. The van der Waals surface area contributed by atoms with Crippen LogP contribution in [0.4, 0.5) is 13.2 Å². The highest BCUT2D eigenvalue weighted by molar-refractivity contribution is 5.33. The van der Waals surface area contributed by atoms with Gasteiger partial charge in [-0.05, 0) is 38.0 Å². The number of benzene rings is 1. The lowest BCUT2D eigenvalue weighted by atomic mass is 9.97. The minimum absolute atomic E-state index is 0.165. The maximum Gasteiger partial charge on any atom is 0.416 e. The molecule has 0 spiro atoms. The van der Waals surface area contributed by atoms with Crippen LogP contribution < -0.4 is 0 Å². The van der Waals surface area contributed by atoms with E-state index >= 15 is 0 Å². The first kappa shape index (κ1) is 17.9. The zero-order valence-electron chi connectivity index (χ0n) is 14.2. The zero-order valence-corrected chi connectivity index (χ0v) is 14.2. The predicted octanol–water partition coefficient (Wildman–Crippen LogP) is 3.79. The van der Waals surface area contributed by atoms with Crippen LogP contribution in [0.3, 0.4) is 0 Å². The van der Waals surface area contributed by atoms with Crippen LogP contribution in [-0.4, -0.2) is 32.4 Å². The molecule has 7 heteroatoms. The lowest BCUT2D eigenvalue weighted by molar-refractivity contribution is -0.138. The van der Waals surface area contributed by atoms with Gasteiger partial charge in [-0.1, -0.05) is 18.2 Å². The molecular formula is C18H22F3N3O. The van der Waals surface area contributed by atoms with Gasteiger partial charge in [0.1, 0.15) is 0 Å². The lowest BCUT2D eigenvalue weighted by Crippen LogP contribution is -2.27. The summed E-state index contributed by atoms with van der Waals surface area (Å²) in [5.74, 6) is 0. The molecule has 0 saturated carbocycles. The molecule has 2 aromatic rings. The van der Waals surface area contributed by atoms with Crippen molar-refractivity contribution in [2.24, 2.45) is 0 Å². The van der Waals surface area contributed by atoms with Crippen LogP contribution in [0.25, 0.3) is 0 Å². The summed E-state index contributed by atoms with van der Waals surface area (Å²) in [6.07, 6.45) is -3.06. The van der Waals surface area contributed by atoms with E-state index in [4.69, 9.17) is 0 Å². The van der Waals surface area contributed by atoms with Gasteiger partial charge in [0, 0.05) is 31.4 Å². The third-order valence-electron chi connectivity index (χ3n) is 4.61. The first-order valence-electron chi connectivity index (χ1n) is 8.38. The molecule has 1 aliphatic rings. The SMILES string of the molecule is CC(C)n1nccc1CN1C[C@H](O)C[C@@H]1c1ccccc1C(F)(F)F. The highest BCUT2D eigenvalue weighted by Crippen LogP contribution is 2.40. The molecule has 1 aliphatic heterocycles. The molecule has 0 bridgehead atoms. The summed E-state index contributed by atoms with van der Waals surface area (Å²) in [7, 11) is 0. The standard InChI is InChI=1S/C18H22F3N3O/c1-12(2)24-13(7-8-22-24)10-23-11-14(25)9-17(23)15-5-3-4-6-16(15)18(19,20)21/h3-8,12,14,17,25H,9-11H2,1-2H3/t14-,17-/m1/s1. The molecule has 1 aromatic carbocycles. The Bertz CT molecular complexity index is 726. The van der Waals surface area contributed by atoms with Crippen LogP contribution in [0.15, 0.2) is 36.5 Å². The number of hydrogen-bond acceptors (Lipinski definition) is 3. The number of β-amino-alcohol motifs (C(OH)–C–C–N with tert-alkyl or cyclic N) is 1. The van der Waals surface area contributed by atoms with Crippen LogP contribution in [-0.2, 0) is 12.7 Å². The third kappa shape index (κ3) is 3.72. The van der Waals surface area contributed by atoms with E-state index in [2.05, 4.69) is 5.10 Å². The van der Waals surface area contributed by atoms with Crippen molar-refractivity contribution < 1.29 is 18.3 Å². The van der Waals surface area contributed by atoms with Crippen LogP contribution in [0.2, 0.25) is 0 Å². The Hall–Kier alpha value is -1.86. The van der Waals surface area contributed by atoms with Crippen molar-refractivity contribution in [1.82, 2.24) is 14.7 Å². The van der Waals surface area contributed by atoms with E-state index in [0.717, 1.165) is 11.8 Å². The fourth-order valence-electron chi connectivity index (χ4n) is 3.56. The Morgan fingerprint density at radius 3 is 2.64 bits per heavy atom. The molecule has 4 nitrogen and oxygen atoms in total. The molecule has 1 aromatic heterocycles. The van der Waals surface area contributed by atoms with Crippen LogP contribution in [0, 0.1) is 0 Å². The van der Waals surface area contributed by atoms with E-state index in [1.807, 2.05) is 29.5 Å².